The van der Waals surface area contributed by atoms with Gasteiger partial charge in [-0.05, 0) is 65.4 Å². The van der Waals surface area contributed by atoms with E-state index in [0.717, 1.165) is 22.1 Å². The van der Waals surface area contributed by atoms with Crippen LogP contribution in [-0.4, -0.2) is 6.54 Å². The van der Waals surface area contributed by atoms with Crippen LogP contribution < -0.4 is 5.32 Å². The quantitative estimate of drug-likeness (QED) is 0.679. The van der Waals surface area contributed by atoms with Gasteiger partial charge >= 0.3 is 0 Å². The molecular formula is C16H16ClFIN. The molecule has 1 nitrogen and oxygen atoms in total. The van der Waals surface area contributed by atoms with Crippen LogP contribution >= 0.6 is 34.2 Å². The molecule has 4 heteroatoms. The van der Waals surface area contributed by atoms with Crippen molar-refractivity contribution in [2.45, 2.75) is 19.4 Å². The Labute approximate surface area is 137 Å². The van der Waals surface area contributed by atoms with Crippen molar-refractivity contribution in [1.82, 2.24) is 5.32 Å². The first-order valence-corrected chi connectivity index (χ1v) is 8.01. The van der Waals surface area contributed by atoms with Crippen LogP contribution in [0, 0.1) is 9.39 Å². The zero-order valence-electron chi connectivity index (χ0n) is 11.2. The first-order chi connectivity index (χ1) is 9.61. The summed E-state index contributed by atoms with van der Waals surface area (Å²) >= 11 is 8.10. The van der Waals surface area contributed by atoms with Gasteiger partial charge in [-0.15, -0.1) is 0 Å². The first-order valence-electron chi connectivity index (χ1n) is 6.55. The topological polar surface area (TPSA) is 12.0 Å². The molecule has 1 atom stereocenters. The van der Waals surface area contributed by atoms with Gasteiger partial charge in [-0.2, -0.15) is 0 Å². The molecule has 2 aromatic rings. The van der Waals surface area contributed by atoms with Crippen molar-refractivity contribution < 1.29 is 4.39 Å². The third-order valence-corrected chi connectivity index (χ3v) is 3.96. The van der Waals surface area contributed by atoms with E-state index in [2.05, 4.69) is 40.9 Å². The number of hydrogen-bond donors (Lipinski definition) is 1. The minimum atomic E-state index is -0.273. The fourth-order valence-corrected chi connectivity index (χ4v) is 2.84. The molecule has 0 aliphatic rings. The third kappa shape index (κ3) is 3.93. The lowest BCUT2D eigenvalue weighted by molar-refractivity contribution is 0.546. The summed E-state index contributed by atoms with van der Waals surface area (Å²) in [4.78, 5) is 0. The van der Waals surface area contributed by atoms with E-state index in [9.17, 15) is 4.39 Å². The zero-order chi connectivity index (χ0) is 14.5. The SMILES string of the molecule is CCCNC(c1cccc(I)c1)c1ccc(Cl)cc1F. The van der Waals surface area contributed by atoms with Crippen LogP contribution in [0.4, 0.5) is 4.39 Å². The van der Waals surface area contributed by atoms with Crippen molar-refractivity contribution in [1.29, 1.82) is 0 Å². The van der Waals surface area contributed by atoms with E-state index in [1.54, 1.807) is 12.1 Å². The maximum Gasteiger partial charge on any atom is 0.129 e. The van der Waals surface area contributed by atoms with Crippen LogP contribution in [0.3, 0.4) is 0 Å². The Morgan fingerprint density at radius 3 is 2.70 bits per heavy atom. The summed E-state index contributed by atoms with van der Waals surface area (Å²) in [5.41, 5.74) is 1.69. The van der Waals surface area contributed by atoms with Gasteiger partial charge in [0.15, 0.2) is 0 Å². The van der Waals surface area contributed by atoms with Crippen LogP contribution in [-0.2, 0) is 0 Å². The normalized spacial score (nSPS) is 12.4. The van der Waals surface area contributed by atoms with E-state index in [0.29, 0.717) is 10.6 Å². The van der Waals surface area contributed by atoms with E-state index in [4.69, 9.17) is 11.6 Å². The molecule has 0 saturated heterocycles. The summed E-state index contributed by atoms with van der Waals surface area (Å²) in [5, 5.41) is 3.82. The first kappa shape index (κ1) is 15.7. The second-order valence-electron chi connectivity index (χ2n) is 4.61. The summed E-state index contributed by atoms with van der Waals surface area (Å²) in [5.74, 6) is -0.273. The maximum atomic E-state index is 14.2. The summed E-state index contributed by atoms with van der Waals surface area (Å²) in [7, 11) is 0. The smallest absolute Gasteiger partial charge is 0.129 e. The minimum absolute atomic E-state index is 0.151. The molecule has 0 aromatic heterocycles. The van der Waals surface area contributed by atoms with Gasteiger partial charge in [0.1, 0.15) is 5.82 Å². The van der Waals surface area contributed by atoms with Gasteiger partial charge in [-0.3, -0.25) is 0 Å². The predicted molar refractivity (Wildman–Crippen MR) is 90.7 cm³/mol. The van der Waals surface area contributed by atoms with Crippen molar-refractivity contribution in [3.63, 3.8) is 0 Å². The lowest BCUT2D eigenvalue weighted by Gasteiger charge is -2.20. The standard InChI is InChI=1S/C16H16ClFIN/c1-2-8-20-16(11-4-3-5-13(19)9-11)14-7-6-12(17)10-15(14)18/h3-7,9-10,16,20H,2,8H2,1H3. The summed E-state index contributed by atoms with van der Waals surface area (Å²) in [6, 6.07) is 12.8. The number of nitrogens with one attached hydrogen (secondary N) is 1. The Hall–Kier alpha value is -0.650. The highest BCUT2D eigenvalue weighted by molar-refractivity contribution is 14.1. The number of benzene rings is 2. The highest BCUT2D eigenvalue weighted by atomic mass is 127. The molecule has 0 fully saturated rings. The summed E-state index contributed by atoms with van der Waals surface area (Å²) in [6.07, 6.45) is 0.996. The van der Waals surface area contributed by atoms with E-state index in [1.807, 2.05) is 18.2 Å². The van der Waals surface area contributed by atoms with Gasteiger partial charge in [0, 0.05) is 14.2 Å². The van der Waals surface area contributed by atoms with Gasteiger partial charge in [-0.25, -0.2) is 4.39 Å². The van der Waals surface area contributed by atoms with Crippen molar-refractivity contribution >= 4 is 34.2 Å². The molecule has 0 radical (unpaired) electrons. The molecule has 0 bridgehead atoms. The average molecular weight is 404 g/mol. The fourth-order valence-electron chi connectivity index (χ4n) is 2.12. The molecule has 1 unspecified atom stereocenters. The molecular weight excluding hydrogens is 388 g/mol. The average Bonchev–Trinajstić information content (AvgIpc) is 2.41. The van der Waals surface area contributed by atoms with E-state index >= 15 is 0 Å². The van der Waals surface area contributed by atoms with E-state index < -0.39 is 0 Å². The van der Waals surface area contributed by atoms with Gasteiger partial charge in [0.2, 0.25) is 0 Å². The zero-order valence-corrected chi connectivity index (χ0v) is 14.1. The van der Waals surface area contributed by atoms with E-state index in [-0.39, 0.29) is 11.9 Å². The molecule has 0 aliphatic carbocycles. The summed E-state index contributed by atoms with van der Waals surface area (Å²) in [6.45, 7) is 2.93. The van der Waals surface area contributed by atoms with Crippen LogP contribution in [0.1, 0.15) is 30.5 Å². The van der Waals surface area contributed by atoms with Crippen molar-refractivity contribution in [2.75, 3.05) is 6.54 Å². The van der Waals surface area contributed by atoms with Gasteiger partial charge in [-0.1, -0.05) is 36.7 Å². The summed E-state index contributed by atoms with van der Waals surface area (Å²) < 4.78 is 15.3. The molecule has 0 spiro atoms. The third-order valence-electron chi connectivity index (χ3n) is 3.05. The van der Waals surface area contributed by atoms with Crippen molar-refractivity contribution in [3.05, 3.63) is 68.0 Å². The van der Waals surface area contributed by atoms with Crippen molar-refractivity contribution in [3.8, 4) is 0 Å². The van der Waals surface area contributed by atoms with Crippen LogP contribution in [0.15, 0.2) is 42.5 Å². The highest BCUT2D eigenvalue weighted by Gasteiger charge is 2.17. The molecule has 2 rings (SSSR count). The van der Waals surface area contributed by atoms with Gasteiger partial charge in [0.05, 0.1) is 6.04 Å². The second-order valence-corrected chi connectivity index (χ2v) is 6.29. The molecule has 2 aromatic carbocycles. The van der Waals surface area contributed by atoms with Crippen molar-refractivity contribution in [2.24, 2.45) is 0 Å². The van der Waals surface area contributed by atoms with Gasteiger partial charge in [0.25, 0.3) is 0 Å². The fraction of sp³-hybridized carbons (Fsp3) is 0.250. The lowest BCUT2D eigenvalue weighted by Crippen LogP contribution is -2.24. The highest BCUT2D eigenvalue weighted by Crippen LogP contribution is 2.27. The molecule has 0 amide bonds. The molecule has 106 valence electrons. The molecule has 0 saturated carbocycles. The Morgan fingerprint density at radius 1 is 1.25 bits per heavy atom. The Kier molecular flexibility index (Phi) is 5.81. The van der Waals surface area contributed by atoms with Gasteiger partial charge < -0.3 is 5.32 Å². The Morgan fingerprint density at radius 2 is 2.05 bits per heavy atom. The second kappa shape index (κ2) is 7.38. The maximum absolute atomic E-state index is 14.2. The minimum Gasteiger partial charge on any atom is -0.306 e. The molecule has 1 N–H and O–H groups in total. The van der Waals surface area contributed by atoms with E-state index in [1.165, 1.54) is 6.07 Å². The molecule has 0 heterocycles. The number of halogens is 3. The Balaban J connectivity index is 2.41. The number of rotatable bonds is 5. The lowest BCUT2D eigenvalue weighted by atomic mass is 9.98. The van der Waals surface area contributed by atoms with Crippen LogP contribution in [0.5, 0.6) is 0 Å². The predicted octanol–water partition coefficient (Wildman–Crippen LogP) is 5.17. The van der Waals surface area contributed by atoms with Crippen LogP contribution in [0.2, 0.25) is 5.02 Å². The van der Waals surface area contributed by atoms with Crippen LogP contribution in [0.25, 0.3) is 0 Å². The molecule has 20 heavy (non-hydrogen) atoms. The number of hydrogen-bond acceptors (Lipinski definition) is 1. The molecule has 0 aliphatic heterocycles. The monoisotopic (exact) mass is 403 g/mol. The Bertz CT molecular complexity index is 588. The largest absolute Gasteiger partial charge is 0.306 e.